The second-order valence-corrected chi connectivity index (χ2v) is 9.35. The standard InChI is InChI=1S/C26H23ClFNO4S/c1-2-32-23-13-19(7-12-22(23)33-16-18-5-10-21(28)11-6-18)14-24-25(30)29(26(31)34-24)15-17-3-8-20(27)9-4-17/h3-13,24H,2,14-16H2,1H3/t24-/m0/s1. The van der Waals surface area contributed by atoms with Crippen molar-refractivity contribution in [2.45, 2.75) is 31.7 Å². The molecule has 0 unspecified atom stereocenters. The van der Waals surface area contributed by atoms with Crippen LogP contribution in [-0.4, -0.2) is 27.9 Å². The Hall–Kier alpha value is -3.03. The van der Waals surface area contributed by atoms with E-state index in [9.17, 15) is 14.0 Å². The molecule has 0 saturated carbocycles. The van der Waals surface area contributed by atoms with Gasteiger partial charge in [0, 0.05) is 5.02 Å². The molecule has 176 valence electrons. The van der Waals surface area contributed by atoms with Crippen LogP contribution >= 0.6 is 23.4 Å². The Morgan fingerprint density at radius 2 is 1.59 bits per heavy atom. The van der Waals surface area contributed by atoms with Gasteiger partial charge in [-0.2, -0.15) is 0 Å². The number of nitrogens with zero attached hydrogens (tertiary/aromatic N) is 1. The molecule has 0 aromatic heterocycles. The lowest BCUT2D eigenvalue weighted by atomic mass is 10.1. The molecule has 1 aliphatic heterocycles. The number of hydrogen-bond donors (Lipinski definition) is 0. The van der Waals surface area contributed by atoms with E-state index in [2.05, 4.69) is 0 Å². The molecule has 1 aliphatic rings. The highest BCUT2D eigenvalue weighted by Gasteiger charge is 2.39. The third-order valence-corrected chi connectivity index (χ3v) is 6.62. The van der Waals surface area contributed by atoms with E-state index in [-0.39, 0.29) is 30.1 Å². The van der Waals surface area contributed by atoms with Crippen LogP contribution in [0.25, 0.3) is 0 Å². The highest BCUT2D eigenvalue weighted by Crippen LogP contribution is 2.34. The van der Waals surface area contributed by atoms with E-state index in [0.717, 1.165) is 28.5 Å². The third kappa shape index (κ3) is 5.90. The van der Waals surface area contributed by atoms with Crippen LogP contribution in [0, 0.1) is 5.82 Å². The minimum Gasteiger partial charge on any atom is -0.490 e. The Morgan fingerprint density at radius 3 is 2.29 bits per heavy atom. The van der Waals surface area contributed by atoms with Gasteiger partial charge in [-0.15, -0.1) is 0 Å². The Kier molecular flexibility index (Phi) is 7.75. The lowest BCUT2D eigenvalue weighted by Gasteiger charge is -2.15. The maximum absolute atomic E-state index is 13.1. The van der Waals surface area contributed by atoms with Crippen molar-refractivity contribution in [2.75, 3.05) is 6.61 Å². The van der Waals surface area contributed by atoms with Crippen molar-refractivity contribution in [1.29, 1.82) is 0 Å². The molecule has 34 heavy (non-hydrogen) atoms. The van der Waals surface area contributed by atoms with Gasteiger partial charge >= 0.3 is 0 Å². The zero-order valence-electron chi connectivity index (χ0n) is 18.5. The van der Waals surface area contributed by atoms with Gasteiger partial charge < -0.3 is 9.47 Å². The molecule has 3 aromatic rings. The predicted molar refractivity (Wildman–Crippen MR) is 131 cm³/mol. The molecular weight excluding hydrogens is 477 g/mol. The zero-order chi connectivity index (χ0) is 24.1. The van der Waals surface area contributed by atoms with Crippen LogP contribution in [0.4, 0.5) is 9.18 Å². The number of rotatable bonds is 9. The van der Waals surface area contributed by atoms with Crippen LogP contribution in [-0.2, 0) is 24.4 Å². The predicted octanol–water partition coefficient (Wildman–Crippen LogP) is 6.26. The molecule has 5 nitrogen and oxygen atoms in total. The maximum Gasteiger partial charge on any atom is 0.289 e. The molecule has 1 fully saturated rings. The Bertz CT molecular complexity index is 1170. The highest BCUT2D eigenvalue weighted by atomic mass is 35.5. The van der Waals surface area contributed by atoms with Crippen molar-refractivity contribution in [3.8, 4) is 11.5 Å². The number of thioether (sulfide) groups is 1. The molecular formula is C26H23ClFNO4S. The number of benzene rings is 3. The fraction of sp³-hybridized carbons (Fsp3) is 0.231. The molecule has 8 heteroatoms. The fourth-order valence-corrected chi connectivity index (χ4v) is 4.72. The largest absolute Gasteiger partial charge is 0.490 e. The van der Waals surface area contributed by atoms with Gasteiger partial charge in [0.15, 0.2) is 11.5 Å². The fourth-order valence-electron chi connectivity index (χ4n) is 3.57. The first kappa shape index (κ1) is 24.1. The van der Waals surface area contributed by atoms with Crippen molar-refractivity contribution in [3.05, 3.63) is 94.3 Å². The molecule has 0 bridgehead atoms. The van der Waals surface area contributed by atoms with Crippen LogP contribution in [0.1, 0.15) is 23.6 Å². The smallest absolute Gasteiger partial charge is 0.289 e. The summed E-state index contributed by atoms with van der Waals surface area (Å²) in [6.45, 7) is 2.81. The van der Waals surface area contributed by atoms with Gasteiger partial charge in [0.05, 0.1) is 18.4 Å². The molecule has 2 amide bonds. The number of halogens is 2. The summed E-state index contributed by atoms with van der Waals surface area (Å²) >= 11 is 6.96. The monoisotopic (exact) mass is 499 g/mol. The molecule has 1 heterocycles. The highest BCUT2D eigenvalue weighted by molar-refractivity contribution is 8.15. The van der Waals surface area contributed by atoms with Gasteiger partial charge in [-0.1, -0.05) is 53.7 Å². The van der Waals surface area contributed by atoms with E-state index < -0.39 is 5.25 Å². The quantitative estimate of drug-likeness (QED) is 0.347. The second-order valence-electron chi connectivity index (χ2n) is 7.76. The van der Waals surface area contributed by atoms with Crippen LogP contribution in [0.15, 0.2) is 66.7 Å². The van der Waals surface area contributed by atoms with E-state index in [1.54, 1.807) is 42.5 Å². The number of carbonyl (C=O) groups excluding carboxylic acids is 2. The van der Waals surface area contributed by atoms with Crippen molar-refractivity contribution < 1.29 is 23.5 Å². The molecule has 0 N–H and O–H groups in total. The summed E-state index contributed by atoms with van der Waals surface area (Å²) < 4.78 is 24.7. The van der Waals surface area contributed by atoms with Crippen molar-refractivity contribution in [1.82, 2.24) is 4.90 Å². The number of imide groups is 1. The van der Waals surface area contributed by atoms with E-state index >= 15 is 0 Å². The summed E-state index contributed by atoms with van der Waals surface area (Å²) in [5.41, 5.74) is 2.54. The van der Waals surface area contributed by atoms with Gasteiger partial charge in [-0.3, -0.25) is 14.5 Å². The van der Waals surface area contributed by atoms with Crippen LogP contribution in [0.2, 0.25) is 5.02 Å². The summed E-state index contributed by atoms with van der Waals surface area (Å²) in [5, 5.41) is -0.153. The molecule has 1 saturated heterocycles. The molecule has 0 radical (unpaired) electrons. The Labute approximate surface area is 206 Å². The second kappa shape index (κ2) is 10.9. The number of amides is 2. The first-order valence-electron chi connectivity index (χ1n) is 10.8. The average molecular weight is 500 g/mol. The lowest BCUT2D eigenvalue weighted by molar-refractivity contribution is -0.127. The van der Waals surface area contributed by atoms with Crippen molar-refractivity contribution in [2.24, 2.45) is 0 Å². The van der Waals surface area contributed by atoms with Crippen LogP contribution < -0.4 is 9.47 Å². The molecule has 0 aliphatic carbocycles. The normalized spacial score (nSPS) is 15.6. The number of carbonyl (C=O) groups is 2. The summed E-state index contributed by atoms with van der Waals surface area (Å²) in [4.78, 5) is 26.7. The van der Waals surface area contributed by atoms with Crippen LogP contribution in [0.5, 0.6) is 11.5 Å². The van der Waals surface area contributed by atoms with Gasteiger partial charge in [0.1, 0.15) is 12.4 Å². The Morgan fingerprint density at radius 1 is 0.912 bits per heavy atom. The van der Waals surface area contributed by atoms with E-state index in [4.69, 9.17) is 21.1 Å². The molecule has 1 atom stereocenters. The summed E-state index contributed by atoms with van der Waals surface area (Å²) in [7, 11) is 0. The van der Waals surface area contributed by atoms with Crippen molar-refractivity contribution in [3.63, 3.8) is 0 Å². The minimum atomic E-state index is -0.500. The molecule has 4 rings (SSSR count). The van der Waals surface area contributed by atoms with E-state index in [1.165, 1.54) is 17.0 Å². The number of ether oxygens (including phenoxy) is 2. The first-order chi connectivity index (χ1) is 16.4. The van der Waals surface area contributed by atoms with Crippen LogP contribution in [0.3, 0.4) is 0 Å². The SMILES string of the molecule is CCOc1cc(C[C@@H]2SC(=O)N(Cc3ccc(Cl)cc3)C2=O)ccc1OCc1ccc(F)cc1. The van der Waals surface area contributed by atoms with Crippen molar-refractivity contribution >= 4 is 34.5 Å². The van der Waals surface area contributed by atoms with Gasteiger partial charge in [-0.05, 0) is 66.4 Å². The summed E-state index contributed by atoms with van der Waals surface area (Å²) in [5.74, 6) is 0.606. The zero-order valence-corrected chi connectivity index (χ0v) is 20.1. The maximum atomic E-state index is 13.1. The van der Waals surface area contributed by atoms with Gasteiger partial charge in [0.25, 0.3) is 5.24 Å². The number of hydrogen-bond acceptors (Lipinski definition) is 5. The van der Waals surface area contributed by atoms with E-state index in [0.29, 0.717) is 29.5 Å². The van der Waals surface area contributed by atoms with E-state index in [1.807, 2.05) is 19.1 Å². The van der Waals surface area contributed by atoms with Gasteiger partial charge in [0.2, 0.25) is 5.91 Å². The first-order valence-corrected chi connectivity index (χ1v) is 12.1. The summed E-state index contributed by atoms with van der Waals surface area (Å²) in [6.07, 6.45) is 0.394. The topological polar surface area (TPSA) is 55.8 Å². The Balaban J connectivity index is 1.42. The molecule has 3 aromatic carbocycles. The lowest BCUT2D eigenvalue weighted by Crippen LogP contribution is -2.31. The minimum absolute atomic E-state index is 0.209. The molecule has 0 spiro atoms. The summed E-state index contributed by atoms with van der Waals surface area (Å²) in [6, 6.07) is 18.7. The average Bonchev–Trinajstić information content (AvgIpc) is 3.08. The van der Waals surface area contributed by atoms with Gasteiger partial charge in [-0.25, -0.2) is 4.39 Å². The third-order valence-electron chi connectivity index (χ3n) is 5.30.